The van der Waals surface area contributed by atoms with Gasteiger partial charge in [-0.05, 0) is 0 Å². The van der Waals surface area contributed by atoms with E-state index >= 15 is 0 Å². The van der Waals surface area contributed by atoms with E-state index in [-0.39, 0.29) is 25.5 Å². The van der Waals surface area contributed by atoms with Gasteiger partial charge in [-0.1, -0.05) is 0 Å². The molecule has 1 saturated heterocycles. The first-order chi connectivity index (χ1) is 8.50. The van der Waals surface area contributed by atoms with Gasteiger partial charge in [-0.2, -0.15) is 17.7 Å². The van der Waals surface area contributed by atoms with Crippen molar-refractivity contribution in [2.75, 3.05) is 31.1 Å². The molecule has 0 amide bonds. The first-order valence-electron chi connectivity index (χ1n) is 5.27. The number of rotatable bonds is 3. The molecule has 1 aliphatic rings. The fraction of sp³-hybridized carbons (Fsp3) is 0.625. The van der Waals surface area contributed by atoms with Gasteiger partial charge in [0.2, 0.25) is 5.95 Å². The van der Waals surface area contributed by atoms with E-state index in [0.29, 0.717) is 19.0 Å². The van der Waals surface area contributed by atoms with Crippen molar-refractivity contribution in [3.05, 3.63) is 12.2 Å². The molecule has 2 heterocycles. The number of aliphatic hydroxyl groups is 1. The predicted molar refractivity (Wildman–Crippen MR) is 61.1 cm³/mol. The van der Waals surface area contributed by atoms with Crippen molar-refractivity contribution in [1.29, 1.82) is 0 Å². The fourth-order valence-electron chi connectivity index (χ4n) is 1.67. The van der Waals surface area contributed by atoms with Crippen molar-refractivity contribution in [3.8, 4) is 0 Å². The molecule has 0 radical (unpaired) electrons. The van der Waals surface area contributed by atoms with Crippen LogP contribution in [-0.4, -0.2) is 63.5 Å². The Morgan fingerprint density at radius 2 is 1.89 bits per heavy atom. The highest BCUT2D eigenvalue weighted by Gasteiger charge is 2.26. The summed E-state index contributed by atoms with van der Waals surface area (Å²) in [7, 11) is -4.13. The van der Waals surface area contributed by atoms with Crippen molar-refractivity contribution in [2.24, 2.45) is 0 Å². The predicted octanol–water partition coefficient (Wildman–Crippen LogP) is -1.71. The first-order valence-corrected chi connectivity index (χ1v) is 6.66. The van der Waals surface area contributed by atoms with Gasteiger partial charge in [-0.3, -0.25) is 4.55 Å². The van der Waals surface area contributed by atoms with E-state index in [1.54, 1.807) is 4.90 Å². The lowest BCUT2D eigenvalue weighted by atomic mass is 10.4. The van der Waals surface area contributed by atoms with E-state index in [9.17, 15) is 8.42 Å². The summed E-state index contributed by atoms with van der Waals surface area (Å²) in [6.07, 6.45) is 1.29. The minimum Gasteiger partial charge on any atom is -0.388 e. The third-order valence-electron chi connectivity index (χ3n) is 2.60. The van der Waals surface area contributed by atoms with Crippen molar-refractivity contribution >= 4 is 16.3 Å². The number of nitrogens with zero attached hydrogens (tertiary/aromatic N) is 5. The minimum atomic E-state index is -4.13. The van der Waals surface area contributed by atoms with Crippen LogP contribution < -0.4 is 4.90 Å². The van der Waals surface area contributed by atoms with Gasteiger partial charge in [0, 0.05) is 26.2 Å². The monoisotopic (exact) mass is 275 g/mol. The first kappa shape index (κ1) is 13.1. The summed E-state index contributed by atoms with van der Waals surface area (Å²) < 4.78 is 31.7. The van der Waals surface area contributed by atoms with E-state index in [1.165, 1.54) is 6.33 Å². The highest BCUT2D eigenvalue weighted by molar-refractivity contribution is 7.83. The molecule has 0 atom stereocenters. The summed E-state index contributed by atoms with van der Waals surface area (Å²) in [5, 5.41) is 8.92. The molecule has 18 heavy (non-hydrogen) atoms. The summed E-state index contributed by atoms with van der Waals surface area (Å²) in [6, 6.07) is 0. The van der Waals surface area contributed by atoms with Crippen LogP contribution in [0.25, 0.3) is 0 Å². The highest BCUT2D eigenvalue weighted by atomic mass is 32.2. The second kappa shape index (κ2) is 5.10. The summed E-state index contributed by atoms with van der Waals surface area (Å²) >= 11 is 0. The maximum Gasteiger partial charge on any atom is 0.336 e. The molecular formula is C8H13N5O4S. The molecular weight excluding hydrogens is 262 g/mol. The normalized spacial score (nSPS) is 18.0. The van der Waals surface area contributed by atoms with Crippen molar-refractivity contribution in [3.63, 3.8) is 0 Å². The van der Waals surface area contributed by atoms with E-state index in [4.69, 9.17) is 9.66 Å². The average Bonchev–Trinajstić information content (AvgIpc) is 2.38. The van der Waals surface area contributed by atoms with Gasteiger partial charge in [0.1, 0.15) is 12.9 Å². The third-order valence-corrected chi connectivity index (χ3v) is 3.62. The molecule has 0 saturated carbocycles. The van der Waals surface area contributed by atoms with Gasteiger partial charge < -0.3 is 10.0 Å². The molecule has 0 bridgehead atoms. The Morgan fingerprint density at radius 3 is 2.44 bits per heavy atom. The van der Waals surface area contributed by atoms with Crippen LogP contribution in [0.1, 0.15) is 5.82 Å². The quantitative estimate of drug-likeness (QED) is 0.626. The molecule has 2 N–H and O–H groups in total. The molecule has 2 rings (SSSR count). The molecule has 1 aromatic heterocycles. The van der Waals surface area contributed by atoms with E-state index in [2.05, 4.69) is 15.0 Å². The fourth-order valence-corrected chi connectivity index (χ4v) is 2.29. The van der Waals surface area contributed by atoms with Crippen LogP contribution in [0.15, 0.2) is 6.33 Å². The van der Waals surface area contributed by atoms with E-state index in [0.717, 1.165) is 4.31 Å². The summed E-state index contributed by atoms with van der Waals surface area (Å²) in [4.78, 5) is 13.5. The number of hydrogen-bond donors (Lipinski definition) is 2. The van der Waals surface area contributed by atoms with Crippen molar-refractivity contribution < 1.29 is 18.1 Å². The Bertz CT molecular complexity index is 514. The molecule has 10 heteroatoms. The van der Waals surface area contributed by atoms with Crippen molar-refractivity contribution in [1.82, 2.24) is 19.3 Å². The minimum absolute atomic E-state index is 0.166. The second-order valence-corrected chi connectivity index (χ2v) is 5.14. The molecule has 9 nitrogen and oxygen atoms in total. The third kappa shape index (κ3) is 2.90. The number of anilines is 1. The molecule has 0 aromatic carbocycles. The van der Waals surface area contributed by atoms with Crippen LogP contribution in [0.4, 0.5) is 5.95 Å². The number of aliphatic hydroxyl groups excluding tert-OH is 1. The van der Waals surface area contributed by atoms with Crippen LogP contribution in [-0.2, 0) is 16.9 Å². The summed E-state index contributed by atoms with van der Waals surface area (Å²) in [5.41, 5.74) is 0. The molecule has 1 fully saturated rings. The molecule has 0 aliphatic carbocycles. The van der Waals surface area contributed by atoms with Crippen molar-refractivity contribution in [2.45, 2.75) is 6.61 Å². The zero-order valence-electron chi connectivity index (χ0n) is 9.47. The van der Waals surface area contributed by atoms with Gasteiger partial charge in [-0.25, -0.2) is 9.97 Å². The zero-order chi connectivity index (χ0) is 13.2. The maximum atomic E-state index is 10.9. The lowest BCUT2D eigenvalue weighted by Gasteiger charge is -2.32. The molecule has 1 aliphatic heterocycles. The smallest absolute Gasteiger partial charge is 0.336 e. The topological polar surface area (TPSA) is 120 Å². The molecule has 0 spiro atoms. The Labute approximate surface area is 104 Å². The van der Waals surface area contributed by atoms with Crippen LogP contribution in [0.2, 0.25) is 0 Å². The Kier molecular flexibility index (Phi) is 3.71. The Morgan fingerprint density at radius 1 is 1.22 bits per heavy atom. The van der Waals surface area contributed by atoms with Gasteiger partial charge in [0.15, 0.2) is 5.82 Å². The Balaban J connectivity index is 2.05. The molecule has 100 valence electrons. The van der Waals surface area contributed by atoms with Gasteiger partial charge in [-0.15, -0.1) is 0 Å². The van der Waals surface area contributed by atoms with E-state index in [1.807, 2.05) is 0 Å². The maximum absolute atomic E-state index is 10.9. The number of piperazine rings is 1. The highest BCUT2D eigenvalue weighted by Crippen LogP contribution is 2.11. The summed E-state index contributed by atoms with van der Waals surface area (Å²) in [5.74, 6) is 0.654. The lowest BCUT2D eigenvalue weighted by Crippen LogP contribution is -2.49. The van der Waals surface area contributed by atoms with Gasteiger partial charge in [0.05, 0.1) is 0 Å². The zero-order valence-corrected chi connectivity index (χ0v) is 10.3. The van der Waals surface area contributed by atoms with Crippen LogP contribution in [0, 0.1) is 0 Å². The standard InChI is InChI=1S/C8H13N5O4S/c14-5-7-9-6-10-8(11-7)12-1-3-13(4-2-12)18(15,16)17/h6,14H,1-5H2,(H,15,16,17). The molecule has 1 aromatic rings. The van der Waals surface area contributed by atoms with Crippen LogP contribution >= 0.6 is 0 Å². The van der Waals surface area contributed by atoms with Crippen LogP contribution in [0.3, 0.4) is 0 Å². The van der Waals surface area contributed by atoms with E-state index < -0.39 is 10.3 Å². The summed E-state index contributed by atoms with van der Waals surface area (Å²) in [6.45, 7) is 0.793. The largest absolute Gasteiger partial charge is 0.388 e. The van der Waals surface area contributed by atoms with Crippen LogP contribution in [0.5, 0.6) is 0 Å². The number of aromatic nitrogens is 3. The SMILES string of the molecule is O=S(=O)(O)N1CCN(c2ncnc(CO)n2)CC1. The van der Waals surface area contributed by atoms with Gasteiger partial charge in [0.25, 0.3) is 0 Å². The molecule has 0 unspecified atom stereocenters. The average molecular weight is 275 g/mol. The number of hydrogen-bond acceptors (Lipinski definition) is 7. The van der Waals surface area contributed by atoms with Gasteiger partial charge >= 0.3 is 10.3 Å². The second-order valence-electron chi connectivity index (χ2n) is 3.72. The Hall–Kier alpha value is -1.36. The lowest BCUT2D eigenvalue weighted by molar-refractivity contribution is 0.270.